The Morgan fingerprint density at radius 2 is 1.33 bits per heavy atom. The fraction of sp³-hybridized carbons (Fsp3) is 0.667. The van der Waals surface area contributed by atoms with Crippen molar-refractivity contribution in [1.82, 2.24) is 0 Å². The van der Waals surface area contributed by atoms with Crippen molar-refractivity contribution in [3.63, 3.8) is 0 Å². The summed E-state index contributed by atoms with van der Waals surface area (Å²) < 4.78 is 0. The van der Waals surface area contributed by atoms with E-state index in [1.165, 1.54) is 12.8 Å². The number of hydrogen-bond acceptors (Lipinski definition) is 0. The van der Waals surface area contributed by atoms with E-state index in [1.807, 2.05) is 0 Å². The van der Waals surface area contributed by atoms with Gasteiger partial charge in [0.1, 0.15) is 0 Å². The topological polar surface area (TPSA) is 0 Å². The third-order valence-electron chi connectivity index (χ3n) is 0.744. The molecule has 0 bridgehead atoms. The number of rotatable bonds is 3. The van der Waals surface area contributed by atoms with Gasteiger partial charge in [-0.2, -0.15) is 0 Å². The second-order valence-electron chi connectivity index (χ2n) is 1.39. The highest BCUT2D eigenvalue weighted by atomic mass is 13.8. The molecule has 0 aliphatic rings. The molecule has 0 saturated carbocycles. The smallest absolute Gasteiger partial charge is 0.0417 e. The Morgan fingerprint density at radius 3 is 1.50 bits per heavy atom. The maximum absolute atomic E-state index is 2.18. The van der Waals surface area contributed by atoms with Crippen LogP contribution in [-0.4, -0.2) is 0 Å². The van der Waals surface area contributed by atoms with E-state index >= 15 is 0 Å². The average molecular weight is 84.2 g/mol. The lowest BCUT2D eigenvalue weighted by molar-refractivity contribution is 0.915. The highest BCUT2D eigenvalue weighted by molar-refractivity contribution is 4.62. The molecular weight excluding hydrogens is 72.1 g/mol. The van der Waals surface area contributed by atoms with Crippen LogP contribution in [0.5, 0.6) is 0 Å². The van der Waals surface area contributed by atoms with E-state index in [1.54, 1.807) is 0 Å². The van der Waals surface area contributed by atoms with E-state index in [2.05, 4.69) is 26.7 Å². The van der Waals surface area contributed by atoms with Gasteiger partial charge in [-0.1, -0.05) is 26.7 Å². The Labute approximate surface area is 40.6 Å². The zero-order valence-electron chi connectivity index (χ0n) is 4.57. The molecule has 2 radical (unpaired) electrons. The van der Waals surface area contributed by atoms with Crippen molar-refractivity contribution < 1.29 is 0 Å². The Morgan fingerprint density at radius 1 is 1.00 bits per heavy atom. The van der Waals surface area contributed by atoms with Crippen LogP contribution in [0.15, 0.2) is 0 Å². The van der Waals surface area contributed by atoms with Crippen LogP contribution in [-0.2, 0) is 0 Å². The SMILES string of the molecule is C[CH]CC[CH]C. The van der Waals surface area contributed by atoms with Crippen LogP contribution in [0.1, 0.15) is 26.7 Å². The maximum Gasteiger partial charge on any atom is -0.0417 e. The van der Waals surface area contributed by atoms with Crippen molar-refractivity contribution in [3.8, 4) is 0 Å². The fourth-order valence-corrected chi connectivity index (χ4v) is 0.333. The van der Waals surface area contributed by atoms with Gasteiger partial charge in [0, 0.05) is 0 Å². The van der Waals surface area contributed by atoms with E-state index in [-0.39, 0.29) is 0 Å². The largest absolute Gasteiger partial charge is 0.0623 e. The lowest BCUT2D eigenvalue weighted by Crippen LogP contribution is -1.68. The normalized spacial score (nSPS) is 9.00. The molecule has 0 rings (SSSR count). The standard InChI is InChI=1S/C6H12/c1-3-5-6-4-2/h3-4H,5-6H2,1-2H3. The number of hydrogen-bond donors (Lipinski definition) is 0. The quantitative estimate of drug-likeness (QED) is 0.460. The zero-order chi connectivity index (χ0) is 4.83. The molecule has 0 aromatic rings. The van der Waals surface area contributed by atoms with E-state index in [0.717, 1.165) is 0 Å². The van der Waals surface area contributed by atoms with Crippen LogP contribution in [0, 0.1) is 12.8 Å². The predicted molar refractivity (Wildman–Crippen MR) is 29.2 cm³/mol. The van der Waals surface area contributed by atoms with Gasteiger partial charge in [-0.3, -0.25) is 0 Å². The molecule has 0 atom stereocenters. The van der Waals surface area contributed by atoms with E-state index < -0.39 is 0 Å². The maximum atomic E-state index is 2.18. The van der Waals surface area contributed by atoms with Crippen LogP contribution >= 0.6 is 0 Å². The van der Waals surface area contributed by atoms with Gasteiger partial charge in [-0.25, -0.2) is 0 Å². The van der Waals surface area contributed by atoms with Gasteiger partial charge < -0.3 is 0 Å². The minimum atomic E-state index is 1.23. The van der Waals surface area contributed by atoms with Crippen LogP contribution in [0.25, 0.3) is 0 Å². The van der Waals surface area contributed by atoms with Gasteiger partial charge in [0.25, 0.3) is 0 Å². The highest BCUT2D eigenvalue weighted by Crippen LogP contribution is 1.93. The lowest BCUT2D eigenvalue weighted by Gasteiger charge is -1.85. The number of unbranched alkanes of at least 4 members (excludes halogenated alkanes) is 3. The van der Waals surface area contributed by atoms with Crippen molar-refractivity contribution in [2.45, 2.75) is 26.7 Å². The molecule has 0 nitrogen and oxygen atoms in total. The molecule has 0 spiro atoms. The third kappa shape index (κ3) is 4.00. The molecule has 0 fully saturated rings. The molecule has 36 valence electrons. The van der Waals surface area contributed by atoms with Crippen molar-refractivity contribution in [3.05, 3.63) is 12.8 Å². The molecule has 0 heteroatoms. The Balaban J connectivity index is 2.34. The van der Waals surface area contributed by atoms with Gasteiger partial charge >= 0.3 is 0 Å². The second-order valence-corrected chi connectivity index (χ2v) is 1.39. The van der Waals surface area contributed by atoms with Crippen LogP contribution in [0.4, 0.5) is 0 Å². The zero-order valence-corrected chi connectivity index (χ0v) is 4.57. The fourth-order valence-electron chi connectivity index (χ4n) is 0.333. The molecule has 0 aromatic carbocycles. The highest BCUT2D eigenvalue weighted by Gasteiger charge is 1.76. The van der Waals surface area contributed by atoms with E-state index in [9.17, 15) is 0 Å². The first-order valence-corrected chi connectivity index (χ1v) is 2.47. The van der Waals surface area contributed by atoms with Gasteiger partial charge in [-0.05, 0) is 12.8 Å². The van der Waals surface area contributed by atoms with Crippen molar-refractivity contribution in [2.24, 2.45) is 0 Å². The van der Waals surface area contributed by atoms with Gasteiger partial charge in [0.15, 0.2) is 0 Å². The summed E-state index contributed by atoms with van der Waals surface area (Å²) in [6, 6.07) is 0. The first-order valence-electron chi connectivity index (χ1n) is 2.47. The molecular formula is C6H12. The summed E-state index contributed by atoms with van der Waals surface area (Å²) >= 11 is 0. The van der Waals surface area contributed by atoms with E-state index in [4.69, 9.17) is 0 Å². The van der Waals surface area contributed by atoms with Crippen LogP contribution in [0.2, 0.25) is 0 Å². The summed E-state index contributed by atoms with van der Waals surface area (Å²) in [7, 11) is 0. The van der Waals surface area contributed by atoms with Gasteiger partial charge in [0.05, 0.1) is 0 Å². The van der Waals surface area contributed by atoms with Gasteiger partial charge in [0.2, 0.25) is 0 Å². The van der Waals surface area contributed by atoms with Crippen molar-refractivity contribution in [1.29, 1.82) is 0 Å². The van der Waals surface area contributed by atoms with E-state index in [0.29, 0.717) is 0 Å². The Bertz CT molecular complexity index is 12.0. The summed E-state index contributed by atoms with van der Waals surface area (Å²) in [4.78, 5) is 0. The molecule has 6 heavy (non-hydrogen) atoms. The minimum absolute atomic E-state index is 1.23. The molecule has 0 unspecified atom stereocenters. The third-order valence-corrected chi connectivity index (χ3v) is 0.744. The Kier molecular flexibility index (Phi) is 5.00. The van der Waals surface area contributed by atoms with Crippen molar-refractivity contribution >= 4 is 0 Å². The molecule has 0 N–H and O–H groups in total. The lowest BCUT2D eigenvalue weighted by atomic mass is 10.2. The summed E-state index contributed by atoms with van der Waals surface area (Å²) in [5.74, 6) is 0. The van der Waals surface area contributed by atoms with Crippen LogP contribution < -0.4 is 0 Å². The monoisotopic (exact) mass is 84.1 g/mol. The van der Waals surface area contributed by atoms with Crippen molar-refractivity contribution in [2.75, 3.05) is 0 Å². The Hall–Kier alpha value is 0. The first-order chi connectivity index (χ1) is 2.91. The molecule has 0 amide bonds. The summed E-state index contributed by atoms with van der Waals surface area (Å²) in [5, 5.41) is 0. The molecule has 0 aromatic heterocycles. The molecule has 0 saturated heterocycles. The predicted octanol–water partition coefficient (Wildman–Crippen LogP) is 2.21. The van der Waals surface area contributed by atoms with Crippen LogP contribution in [0.3, 0.4) is 0 Å². The molecule has 0 heterocycles. The summed E-state index contributed by atoms with van der Waals surface area (Å²) in [5.41, 5.74) is 0. The van der Waals surface area contributed by atoms with Gasteiger partial charge in [-0.15, -0.1) is 0 Å². The second kappa shape index (κ2) is 5.00. The molecule has 0 aliphatic heterocycles. The molecule has 0 aliphatic carbocycles. The average Bonchev–Trinajstić information content (AvgIpc) is 1.61. The summed E-state index contributed by atoms with van der Waals surface area (Å²) in [6.45, 7) is 4.17. The summed E-state index contributed by atoms with van der Waals surface area (Å²) in [6.07, 6.45) is 6.83. The minimum Gasteiger partial charge on any atom is -0.0623 e. The first kappa shape index (κ1) is 6.00.